The van der Waals surface area contributed by atoms with Gasteiger partial charge in [-0.05, 0) is 29.0 Å². The molecule has 0 saturated heterocycles. The van der Waals surface area contributed by atoms with E-state index < -0.39 is 0 Å². The van der Waals surface area contributed by atoms with Gasteiger partial charge in [-0.15, -0.1) is 0 Å². The summed E-state index contributed by atoms with van der Waals surface area (Å²) in [6, 6.07) is 0. The van der Waals surface area contributed by atoms with Crippen LogP contribution in [0.5, 0.6) is 0 Å². The molecule has 2 heteroatoms. The maximum Gasteiger partial charge on any atom is 0.0621 e. The van der Waals surface area contributed by atoms with Crippen LogP contribution in [0.25, 0.3) is 0 Å². The molecule has 0 N–H and O–H groups in total. The summed E-state index contributed by atoms with van der Waals surface area (Å²) in [6.07, 6.45) is 0. The fourth-order valence-electron chi connectivity index (χ4n) is 0.325. The molecule has 0 aliphatic heterocycles. The molecule has 1 nitrogen and oxygen atoms in total. The Hall–Kier alpha value is -0.120. The van der Waals surface area contributed by atoms with Crippen LogP contribution < -0.4 is 0 Å². The zero-order valence-corrected chi connectivity index (χ0v) is 9.29. The molecule has 0 aromatic carbocycles. The molecule has 11 heavy (non-hydrogen) atoms. The van der Waals surface area contributed by atoms with Gasteiger partial charge in [-0.2, -0.15) is 0 Å². The van der Waals surface area contributed by atoms with Crippen LogP contribution in [0.15, 0.2) is 4.99 Å². The lowest BCUT2D eigenvalue weighted by Crippen LogP contribution is -2.08. The van der Waals surface area contributed by atoms with Crippen molar-refractivity contribution in [2.24, 2.45) is 4.99 Å². The fraction of sp³-hybridized carbons (Fsp3) is 0.889. The molecule has 0 aromatic rings. The van der Waals surface area contributed by atoms with E-state index in [1.807, 2.05) is 0 Å². The SMILES string of the molecule is CC(C)(C)N=C=PC(C)(C)C. The van der Waals surface area contributed by atoms with E-state index in [2.05, 4.69) is 52.1 Å². The summed E-state index contributed by atoms with van der Waals surface area (Å²) in [6.45, 7) is 12.8. The third kappa shape index (κ3) is 9.88. The summed E-state index contributed by atoms with van der Waals surface area (Å²) in [5.74, 6) is 0. The summed E-state index contributed by atoms with van der Waals surface area (Å²) >= 11 is 0. The molecule has 0 spiro atoms. The van der Waals surface area contributed by atoms with Gasteiger partial charge in [-0.25, -0.2) is 4.99 Å². The predicted octanol–water partition coefficient (Wildman–Crippen LogP) is 3.43. The Bertz CT molecular complexity index is 157. The summed E-state index contributed by atoms with van der Waals surface area (Å²) in [4.78, 5) is 4.28. The van der Waals surface area contributed by atoms with Crippen molar-refractivity contribution in [1.29, 1.82) is 0 Å². The van der Waals surface area contributed by atoms with Crippen molar-refractivity contribution in [3.8, 4) is 0 Å². The lowest BCUT2D eigenvalue weighted by Gasteiger charge is -2.10. The molecular formula is C9H18NP. The molecule has 0 bridgehead atoms. The topological polar surface area (TPSA) is 12.4 Å². The average molecular weight is 171 g/mol. The molecule has 0 atom stereocenters. The standard InChI is InChI=1S/C9H18NP/c1-8(2,3)10-7-11-9(4,5)6/h1-6H3. The highest BCUT2D eigenvalue weighted by molar-refractivity contribution is 7.39. The second-order valence-corrected chi connectivity index (χ2v) is 6.43. The van der Waals surface area contributed by atoms with Crippen LogP contribution in [0.4, 0.5) is 0 Å². The highest BCUT2D eigenvalue weighted by Crippen LogP contribution is 2.20. The molecular weight excluding hydrogens is 153 g/mol. The van der Waals surface area contributed by atoms with E-state index in [0.29, 0.717) is 0 Å². The molecule has 0 heterocycles. The number of rotatable bonds is 0. The second kappa shape index (κ2) is 3.52. The monoisotopic (exact) mass is 171 g/mol. The molecule has 0 saturated carbocycles. The lowest BCUT2D eigenvalue weighted by atomic mass is 10.1. The van der Waals surface area contributed by atoms with Crippen LogP contribution in [-0.4, -0.2) is 16.3 Å². The largest absolute Gasteiger partial charge is 0.233 e. The van der Waals surface area contributed by atoms with Gasteiger partial charge in [0.1, 0.15) is 0 Å². The zero-order valence-electron chi connectivity index (χ0n) is 8.39. The molecule has 0 aliphatic carbocycles. The van der Waals surface area contributed by atoms with Crippen LogP contribution in [0.1, 0.15) is 41.5 Å². The number of hydrogen-bond donors (Lipinski definition) is 0. The van der Waals surface area contributed by atoms with Gasteiger partial charge in [-0.3, -0.25) is 0 Å². The van der Waals surface area contributed by atoms with Crippen LogP contribution >= 0.6 is 8.20 Å². The second-order valence-electron chi connectivity index (χ2n) is 4.67. The first kappa shape index (κ1) is 10.9. The van der Waals surface area contributed by atoms with Crippen molar-refractivity contribution >= 4 is 13.8 Å². The Morgan fingerprint density at radius 2 is 1.45 bits per heavy atom. The van der Waals surface area contributed by atoms with Crippen LogP contribution in [0, 0.1) is 0 Å². The van der Waals surface area contributed by atoms with E-state index in [1.165, 1.54) is 8.20 Å². The van der Waals surface area contributed by atoms with Crippen LogP contribution in [0.3, 0.4) is 0 Å². The summed E-state index contributed by atoms with van der Waals surface area (Å²) in [5.41, 5.74) is 3.09. The summed E-state index contributed by atoms with van der Waals surface area (Å²) in [7, 11) is 1.17. The zero-order chi connectivity index (χ0) is 9.12. The normalized spacial score (nSPS) is 12.9. The van der Waals surface area contributed by atoms with Crippen molar-refractivity contribution in [2.75, 3.05) is 0 Å². The van der Waals surface area contributed by atoms with Crippen molar-refractivity contribution in [3.05, 3.63) is 0 Å². The van der Waals surface area contributed by atoms with Crippen molar-refractivity contribution in [1.82, 2.24) is 0 Å². The van der Waals surface area contributed by atoms with Gasteiger partial charge in [0.2, 0.25) is 0 Å². The fourth-order valence-corrected chi connectivity index (χ4v) is 0.975. The first-order valence-electron chi connectivity index (χ1n) is 3.89. The maximum absolute atomic E-state index is 4.28. The van der Waals surface area contributed by atoms with Crippen LogP contribution in [-0.2, 0) is 0 Å². The number of aliphatic imine (C=N–C) groups is 1. The first-order chi connectivity index (χ1) is 4.71. The Morgan fingerprint density at radius 3 is 1.73 bits per heavy atom. The minimum Gasteiger partial charge on any atom is -0.233 e. The van der Waals surface area contributed by atoms with Crippen LogP contribution in [0.2, 0.25) is 0 Å². The van der Waals surface area contributed by atoms with E-state index in [4.69, 9.17) is 0 Å². The molecule has 0 unspecified atom stereocenters. The molecule has 64 valence electrons. The van der Waals surface area contributed by atoms with Crippen molar-refractivity contribution in [3.63, 3.8) is 0 Å². The van der Waals surface area contributed by atoms with Gasteiger partial charge in [-0.1, -0.05) is 20.8 Å². The quantitative estimate of drug-likeness (QED) is 0.391. The molecule has 0 amide bonds. The third-order valence-electron chi connectivity index (χ3n) is 0.771. The molecule has 0 rings (SSSR count). The van der Waals surface area contributed by atoms with Gasteiger partial charge in [0.05, 0.1) is 5.54 Å². The summed E-state index contributed by atoms with van der Waals surface area (Å²) in [5, 5.41) is 0.286. The Balaban J connectivity index is 4.25. The van der Waals surface area contributed by atoms with E-state index in [1.54, 1.807) is 0 Å². The smallest absolute Gasteiger partial charge is 0.0621 e. The Morgan fingerprint density at radius 1 is 1.00 bits per heavy atom. The molecule has 0 aliphatic rings. The van der Waals surface area contributed by atoms with Gasteiger partial charge in [0, 0.05) is 10.7 Å². The van der Waals surface area contributed by atoms with Gasteiger partial charge < -0.3 is 0 Å². The van der Waals surface area contributed by atoms with Crippen molar-refractivity contribution in [2.45, 2.75) is 52.2 Å². The van der Waals surface area contributed by atoms with Gasteiger partial charge >= 0.3 is 0 Å². The third-order valence-corrected chi connectivity index (χ3v) is 1.64. The summed E-state index contributed by atoms with van der Waals surface area (Å²) < 4.78 is 0. The first-order valence-corrected chi connectivity index (χ1v) is 4.79. The number of nitrogens with zero attached hydrogens (tertiary/aromatic N) is 1. The maximum atomic E-state index is 4.28. The molecule has 0 aromatic heterocycles. The van der Waals surface area contributed by atoms with Gasteiger partial charge in [0.15, 0.2) is 0 Å². The minimum absolute atomic E-state index is 0.0260. The molecule has 0 fully saturated rings. The van der Waals surface area contributed by atoms with E-state index in [-0.39, 0.29) is 10.7 Å². The van der Waals surface area contributed by atoms with E-state index in [0.717, 1.165) is 0 Å². The van der Waals surface area contributed by atoms with Gasteiger partial charge in [0.25, 0.3) is 0 Å². The highest BCUT2D eigenvalue weighted by atomic mass is 31.1. The van der Waals surface area contributed by atoms with Crippen molar-refractivity contribution < 1.29 is 0 Å². The highest BCUT2D eigenvalue weighted by Gasteiger charge is 2.06. The molecule has 0 radical (unpaired) electrons. The minimum atomic E-state index is 0.0260. The van der Waals surface area contributed by atoms with E-state index in [9.17, 15) is 0 Å². The number of hydrogen-bond acceptors (Lipinski definition) is 1. The predicted molar refractivity (Wildman–Crippen MR) is 53.9 cm³/mol. The lowest BCUT2D eigenvalue weighted by molar-refractivity contribution is 0.588. The van der Waals surface area contributed by atoms with E-state index >= 15 is 0 Å². The Labute approximate surface area is 71.7 Å². The Kier molecular flexibility index (Phi) is 3.48. The average Bonchev–Trinajstić information content (AvgIpc) is 1.55.